The number of nitrogens with zero attached hydrogens (tertiary/aromatic N) is 1. The Morgan fingerprint density at radius 3 is 2.30 bits per heavy atom. The fourth-order valence-corrected chi connectivity index (χ4v) is 5.93. The van der Waals surface area contributed by atoms with E-state index in [-0.39, 0.29) is 29.8 Å². The highest BCUT2D eigenvalue weighted by Gasteiger charge is 2.69. The van der Waals surface area contributed by atoms with E-state index >= 15 is 0 Å². The molecule has 2 saturated carbocycles. The molecule has 0 aromatic heterocycles. The van der Waals surface area contributed by atoms with Crippen molar-refractivity contribution < 1.29 is 39.0 Å². The Morgan fingerprint density at radius 2 is 1.76 bits per heavy atom. The zero-order valence-electron chi connectivity index (χ0n) is 18.3. The SMILES string of the molecule is CC(=O)c1ccc(O)c2c1C[C@H]1C[C@H]3[C@@H](N(C)C)C(=O)C(C(N)=O)C(=O)[C@@]3(O)C(=O)C1C2=O. The number of primary amides is 1. The zero-order valence-corrected chi connectivity index (χ0v) is 18.3. The van der Waals surface area contributed by atoms with E-state index in [1.807, 2.05) is 0 Å². The maximum atomic E-state index is 13.6. The Balaban J connectivity index is 1.90. The normalized spacial score (nSPS) is 33.4. The third kappa shape index (κ3) is 2.94. The molecule has 3 aliphatic carbocycles. The number of Topliss-reactive ketones (excluding diaryl/α,β-unsaturated/α-hetero) is 5. The van der Waals surface area contributed by atoms with Crippen LogP contribution in [0.1, 0.15) is 39.6 Å². The van der Waals surface area contributed by atoms with Crippen LogP contribution < -0.4 is 5.73 Å². The third-order valence-electron chi connectivity index (χ3n) is 7.32. The first-order valence-corrected chi connectivity index (χ1v) is 10.5. The van der Waals surface area contributed by atoms with Gasteiger partial charge in [-0.15, -0.1) is 0 Å². The average molecular weight is 456 g/mol. The molecule has 4 N–H and O–H groups in total. The van der Waals surface area contributed by atoms with E-state index in [0.29, 0.717) is 5.56 Å². The fraction of sp³-hybridized carbons (Fsp3) is 0.478. The number of hydrogen-bond acceptors (Lipinski definition) is 9. The number of carbonyl (C=O) groups is 6. The zero-order chi connectivity index (χ0) is 24.6. The van der Waals surface area contributed by atoms with E-state index in [2.05, 4.69) is 0 Å². The Morgan fingerprint density at radius 1 is 1.12 bits per heavy atom. The molecule has 0 bridgehead atoms. The topological polar surface area (TPSA) is 172 Å². The number of hydrogen-bond donors (Lipinski definition) is 3. The largest absolute Gasteiger partial charge is 0.507 e. The number of carbonyl (C=O) groups excluding carboxylic acids is 6. The van der Waals surface area contributed by atoms with Crippen molar-refractivity contribution >= 4 is 34.8 Å². The van der Waals surface area contributed by atoms with Gasteiger partial charge in [-0.2, -0.15) is 0 Å². The highest BCUT2D eigenvalue weighted by Crippen LogP contribution is 2.50. The highest BCUT2D eigenvalue weighted by atomic mass is 16.3. The molecule has 174 valence electrons. The lowest BCUT2D eigenvalue weighted by molar-refractivity contribution is -0.181. The number of phenolic OH excluding ortho intramolecular Hbond substituents is 1. The van der Waals surface area contributed by atoms with Crippen LogP contribution in [0.4, 0.5) is 0 Å². The molecule has 4 rings (SSSR count). The van der Waals surface area contributed by atoms with Crippen molar-refractivity contribution in [2.75, 3.05) is 14.1 Å². The van der Waals surface area contributed by atoms with Crippen molar-refractivity contribution in [2.24, 2.45) is 29.4 Å². The van der Waals surface area contributed by atoms with Crippen LogP contribution in [0, 0.1) is 23.7 Å². The molecule has 10 heteroatoms. The van der Waals surface area contributed by atoms with Crippen LogP contribution in [0.15, 0.2) is 12.1 Å². The molecule has 2 fully saturated rings. The van der Waals surface area contributed by atoms with Crippen LogP contribution in [0.3, 0.4) is 0 Å². The minimum atomic E-state index is -2.76. The summed E-state index contributed by atoms with van der Waals surface area (Å²) in [5, 5.41) is 21.8. The van der Waals surface area contributed by atoms with Gasteiger partial charge < -0.3 is 15.9 Å². The van der Waals surface area contributed by atoms with E-state index in [0.717, 1.165) is 0 Å². The predicted octanol–water partition coefficient (Wildman–Crippen LogP) is -0.930. The Bertz CT molecular complexity index is 1160. The maximum Gasteiger partial charge on any atom is 0.235 e. The van der Waals surface area contributed by atoms with Gasteiger partial charge >= 0.3 is 0 Å². The van der Waals surface area contributed by atoms with Crippen molar-refractivity contribution in [1.82, 2.24) is 4.90 Å². The number of aliphatic hydroxyl groups is 1. The molecule has 0 spiro atoms. The summed E-state index contributed by atoms with van der Waals surface area (Å²) in [7, 11) is 3.03. The van der Waals surface area contributed by atoms with Crippen LogP contribution >= 0.6 is 0 Å². The van der Waals surface area contributed by atoms with Crippen LogP contribution in [-0.2, 0) is 25.6 Å². The standard InChI is InChI=1S/C23H24N2O8/c1-8(26)10-4-5-13(27)15-11(10)6-9-7-12-17(25(2)3)19(29)16(22(24)32)21(31)23(12,33)20(30)14(9)18(15)28/h4-5,9,12,14,16-17,27,33H,6-7H2,1-3H3,(H2,24,32)/t9-,12-,14?,16?,17+,23-/m0/s1. The first kappa shape index (κ1) is 22.9. The van der Waals surface area contributed by atoms with Crippen molar-refractivity contribution in [3.8, 4) is 5.75 Å². The van der Waals surface area contributed by atoms with Crippen molar-refractivity contribution in [2.45, 2.75) is 31.4 Å². The van der Waals surface area contributed by atoms with Gasteiger partial charge in [0.2, 0.25) is 5.91 Å². The first-order chi connectivity index (χ1) is 15.3. The molecule has 1 aromatic rings. The minimum absolute atomic E-state index is 0.0586. The van der Waals surface area contributed by atoms with E-state index in [4.69, 9.17) is 5.73 Å². The minimum Gasteiger partial charge on any atom is -0.507 e. The van der Waals surface area contributed by atoms with Crippen molar-refractivity contribution in [1.29, 1.82) is 0 Å². The molecule has 0 saturated heterocycles. The molecular weight excluding hydrogens is 432 g/mol. The highest BCUT2D eigenvalue weighted by molar-refractivity contribution is 6.32. The van der Waals surface area contributed by atoms with Gasteiger partial charge in [0, 0.05) is 11.5 Å². The number of amides is 1. The van der Waals surface area contributed by atoms with E-state index in [1.165, 1.54) is 38.1 Å². The molecule has 33 heavy (non-hydrogen) atoms. The lowest BCUT2D eigenvalue weighted by atomic mass is 9.52. The van der Waals surface area contributed by atoms with Gasteiger partial charge in [-0.05, 0) is 57.5 Å². The average Bonchev–Trinajstić information content (AvgIpc) is 2.70. The summed E-state index contributed by atoms with van der Waals surface area (Å²) >= 11 is 0. The van der Waals surface area contributed by atoms with Crippen LogP contribution in [0.25, 0.3) is 0 Å². The van der Waals surface area contributed by atoms with Crippen LogP contribution in [0.5, 0.6) is 5.75 Å². The fourth-order valence-electron chi connectivity index (χ4n) is 5.93. The number of benzene rings is 1. The molecule has 0 aliphatic heterocycles. The summed E-state index contributed by atoms with van der Waals surface area (Å²) in [4.78, 5) is 78.6. The predicted molar refractivity (Wildman–Crippen MR) is 111 cm³/mol. The molecule has 6 atom stereocenters. The number of phenols is 1. The lowest BCUT2D eigenvalue weighted by Gasteiger charge is -2.52. The second-order valence-corrected chi connectivity index (χ2v) is 9.33. The number of fused-ring (bicyclic) bond motifs is 3. The number of ketones is 5. The second-order valence-electron chi connectivity index (χ2n) is 9.33. The molecule has 1 amide bonds. The van der Waals surface area contributed by atoms with Crippen molar-refractivity contribution in [3.05, 3.63) is 28.8 Å². The summed E-state index contributed by atoms with van der Waals surface area (Å²) in [6.45, 7) is 1.32. The molecule has 0 radical (unpaired) electrons. The molecule has 0 heterocycles. The maximum absolute atomic E-state index is 13.6. The first-order valence-electron chi connectivity index (χ1n) is 10.5. The molecule has 10 nitrogen and oxygen atoms in total. The van der Waals surface area contributed by atoms with Crippen LogP contribution in [-0.4, -0.2) is 75.7 Å². The van der Waals surface area contributed by atoms with Crippen molar-refractivity contribution in [3.63, 3.8) is 0 Å². The Labute approximate surface area is 188 Å². The third-order valence-corrected chi connectivity index (χ3v) is 7.32. The quantitative estimate of drug-likeness (QED) is 0.384. The number of nitrogens with two attached hydrogens (primary N) is 1. The van der Waals surface area contributed by atoms with Gasteiger partial charge in [-0.3, -0.25) is 33.7 Å². The van der Waals surface area contributed by atoms with Gasteiger partial charge in [-0.1, -0.05) is 0 Å². The Hall–Kier alpha value is -3.24. The van der Waals surface area contributed by atoms with Gasteiger partial charge in [0.25, 0.3) is 0 Å². The van der Waals surface area contributed by atoms with E-state index < -0.39 is 70.1 Å². The van der Waals surface area contributed by atoms with Gasteiger partial charge in [0.15, 0.2) is 40.4 Å². The number of aromatic hydroxyl groups is 1. The molecule has 3 aliphatic rings. The van der Waals surface area contributed by atoms with Gasteiger partial charge in [0.05, 0.1) is 17.5 Å². The van der Waals surface area contributed by atoms with Crippen LogP contribution in [0.2, 0.25) is 0 Å². The van der Waals surface area contributed by atoms with E-state index in [1.54, 1.807) is 0 Å². The van der Waals surface area contributed by atoms with Gasteiger partial charge in [-0.25, -0.2) is 0 Å². The summed E-state index contributed by atoms with van der Waals surface area (Å²) in [5.74, 6) is -11.4. The Kier molecular flexibility index (Phi) is 5.14. The summed E-state index contributed by atoms with van der Waals surface area (Å²) in [6, 6.07) is 1.43. The number of likely N-dealkylation sites (N-methyl/N-ethyl adjacent to an activating group) is 1. The smallest absolute Gasteiger partial charge is 0.235 e. The molecular formula is C23H24N2O8. The molecule has 2 unspecified atom stereocenters. The van der Waals surface area contributed by atoms with Gasteiger partial charge in [0.1, 0.15) is 5.75 Å². The number of rotatable bonds is 3. The summed E-state index contributed by atoms with van der Waals surface area (Å²) < 4.78 is 0. The lowest BCUT2D eigenvalue weighted by Crippen LogP contribution is -2.74. The van der Waals surface area contributed by atoms with E-state index in [9.17, 15) is 39.0 Å². The molecule has 1 aromatic carbocycles. The summed E-state index contributed by atoms with van der Waals surface area (Å²) in [6.07, 6.45) is 0.00600. The summed E-state index contributed by atoms with van der Waals surface area (Å²) in [5.41, 5.74) is 2.86. The monoisotopic (exact) mass is 456 g/mol. The second kappa shape index (κ2) is 7.39.